The van der Waals surface area contributed by atoms with Gasteiger partial charge in [-0.1, -0.05) is 0 Å². The second-order valence-electron chi connectivity index (χ2n) is 2.36. The van der Waals surface area contributed by atoms with Crippen LogP contribution in [0.15, 0.2) is 24.3 Å². The molecule has 0 bridgehead atoms. The third-order valence-electron chi connectivity index (χ3n) is 1.47. The summed E-state index contributed by atoms with van der Waals surface area (Å²) < 4.78 is 5.88. The monoisotopic (exact) mass is 186 g/mol. The zero-order valence-electron chi connectivity index (χ0n) is 6.63. The normalized spacial score (nSPS) is 9.64. The Morgan fingerprint density at radius 3 is 2.27 bits per heavy atom. The van der Waals surface area contributed by atoms with Crippen LogP contribution in [0.5, 0.6) is 0 Å². The van der Waals surface area contributed by atoms with E-state index in [9.17, 15) is 0 Å². The van der Waals surface area contributed by atoms with E-state index >= 15 is 0 Å². The number of benzene rings is 1. The number of rotatable bonds is 2. The van der Waals surface area contributed by atoms with E-state index < -0.39 is 0 Å². The molecule has 2 heteroatoms. The molecule has 58 valence electrons. The Kier molecular flexibility index (Phi) is 3.02. The van der Waals surface area contributed by atoms with E-state index in [1.807, 2.05) is 12.1 Å². The zero-order valence-corrected chi connectivity index (χ0v) is 7.90. The molecule has 0 aromatic heterocycles. The maximum atomic E-state index is 5.04. The summed E-state index contributed by atoms with van der Waals surface area (Å²) in [5.74, 6) is 0. The van der Waals surface area contributed by atoms with Gasteiger partial charge in [0.1, 0.15) is 0 Å². The zero-order chi connectivity index (χ0) is 8.27. The minimum atomic E-state index is 0.838. The third kappa shape index (κ3) is 2.27. The van der Waals surface area contributed by atoms with Crippen molar-refractivity contribution in [2.45, 2.75) is 6.92 Å². The molecule has 0 aliphatic rings. The third-order valence-corrected chi connectivity index (χ3v) is 2.10. The van der Waals surface area contributed by atoms with E-state index in [0.29, 0.717) is 0 Å². The molecule has 1 aromatic carbocycles. The quantitative estimate of drug-likeness (QED) is 0.682. The second kappa shape index (κ2) is 3.83. The van der Waals surface area contributed by atoms with Gasteiger partial charge >= 0.3 is 74.6 Å². The number of ether oxygens (including phenoxy) is 1. The van der Waals surface area contributed by atoms with Gasteiger partial charge in [0.05, 0.1) is 0 Å². The fraction of sp³-hybridized carbons (Fsp3) is 0.222. The molecule has 0 amide bonds. The Morgan fingerprint density at radius 2 is 1.82 bits per heavy atom. The van der Waals surface area contributed by atoms with Crippen molar-refractivity contribution in [3.8, 4) is 0 Å². The summed E-state index contributed by atoms with van der Waals surface area (Å²) in [6, 6.07) is 8.19. The van der Waals surface area contributed by atoms with E-state index in [1.54, 1.807) is 7.11 Å². The van der Waals surface area contributed by atoms with Gasteiger partial charge in [-0.15, -0.1) is 0 Å². The summed E-state index contributed by atoms with van der Waals surface area (Å²) in [7, 11) is 1.66. The molecule has 0 atom stereocenters. The van der Waals surface area contributed by atoms with E-state index in [-0.39, 0.29) is 0 Å². The number of aryl methyl sites for hydroxylation is 1. The SMILES string of the molecule is CO[C](=[Cr])c1ccc(C)cc1. The molecular weight excluding hydrogens is 176 g/mol. The van der Waals surface area contributed by atoms with Gasteiger partial charge in [-0.2, -0.15) is 0 Å². The number of hydrogen-bond donors (Lipinski definition) is 0. The van der Waals surface area contributed by atoms with Crippen LogP contribution in [0.2, 0.25) is 0 Å². The summed E-state index contributed by atoms with van der Waals surface area (Å²) in [5.41, 5.74) is 2.36. The number of hydrogen-bond acceptors (Lipinski definition) is 1. The molecule has 1 aromatic rings. The maximum absolute atomic E-state index is 5.04. The first kappa shape index (κ1) is 8.68. The summed E-state index contributed by atoms with van der Waals surface area (Å²) in [6.45, 7) is 2.07. The van der Waals surface area contributed by atoms with Crippen LogP contribution in [0.1, 0.15) is 11.1 Å². The van der Waals surface area contributed by atoms with Crippen molar-refractivity contribution in [1.29, 1.82) is 0 Å². The predicted octanol–water partition coefficient (Wildman–Crippen LogP) is 1.67. The summed E-state index contributed by atoms with van der Waals surface area (Å²) >= 11 is 2.86. The molecule has 0 aliphatic carbocycles. The van der Waals surface area contributed by atoms with Crippen molar-refractivity contribution in [2.75, 3.05) is 7.11 Å². The first-order valence-corrected chi connectivity index (χ1v) is 4.03. The summed E-state index contributed by atoms with van der Waals surface area (Å²) in [4.78, 5) is 0. The second-order valence-corrected chi connectivity index (χ2v) is 2.94. The number of methoxy groups -OCH3 is 1. The molecule has 0 radical (unpaired) electrons. The van der Waals surface area contributed by atoms with Gasteiger partial charge in [-0.05, 0) is 0 Å². The Bertz CT molecular complexity index is 251. The average molecular weight is 186 g/mol. The van der Waals surface area contributed by atoms with Crippen LogP contribution in [-0.4, -0.2) is 11.7 Å². The van der Waals surface area contributed by atoms with Gasteiger partial charge in [-0.3, -0.25) is 0 Å². The van der Waals surface area contributed by atoms with Gasteiger partial charge in [0.15, 0.2) is 0 Å². The van der Waals surface area contributed by atoms with Crippen molar-refractivity contribution in [3.63, 3.8) is 0 Å². The Hall–Kier alpha value is -0.418. The Labute approximate surface area is 75.0 Å². The topological polar surface area (TPSA) is 9.23 Å². The van der Waals surface area contributed by atoms with Crippen molar-refractivity contribution < 1.29 is 20.6 Å². The fourth-order valence-corrected chi connectivity index (χ4v) is 1.02. The Morgan fingerprint density at radius 1 is 1.27 bits per heavy atom. The van der Waals surface area contributed by atoms with Gasteiger partial charge in [0.25, 0.3) is 0 Å². The van der Waals surface area contributed by atoms with Crippen molar-refractivity contribution in [3.05, 3.63) is 35.4 Å². The summed E-state index contributed by atoms with van der Waals surface area (Å²) in [5, 5.41) is 0. The van der Waals surface area contributed by atoms with Crippen LogP contribution in [-0.2, 0) is 20.6 Å². The molecular formula is C9H10CrO. The van der Waals surface area contributed by atoms with Gasteiger partial charge < -0.3 is 0 Å². The molecule has 0 spiro atoms. The standard InChI is InChI=1S/C9H10O.Cr/c1-8-3-5-9(6-4-8)7-10-2;/h3-6H,1-2H3;. The van der Waals surface area contributed by atoms with Crippen LogP contribution in [0.25, 0.3) is 0 Å². The first-order valence-electron chi connectivity index (χ1n) is 3.39. The summed E-state index contributed by atoms with van der Waals surface area (Å²) in [6.07, 6.45) is 0. The van der Waals surface area contributed by atoms with Crippen LogP contribution >= 0.6 is 0 Å². The van der Waals surface area contributed by atoms with E-state index in [0.717, 1.165) is 10.1 Å². The first-order chi connectivity index (χ1) is 5.24. The molecule has 0 aliphatic heterocycles. The van der Waals surface area contributed by atoms with Crippen LogP contribution in [0, 0.1) is 6.92 Å². The van der Waals surface area contributed by atoms with Gasteiger partial charge in [-0.25, -0.2) is 0 Å². The van der Waals surface area contributed by atoms with Gasteiger partial charge in [0.2, 0.25) is 0 Å². The van der Waals surface area contributed by atoms with Crippen molar-refractivity contribution in [2.24, 2.45) is 0 Å². The fourth-order valence-electron chi connectivity index (χ4n) is 0.807. The van der Waals surface area contributed by atoms with E-state index in [2.05, 4.69) is 34.9 Å². The van der Waals surface area contributed by atoms with E-state index in [4.69, 9.17) is 4.74 Å². The van der Waals surface area contributed by atoms with Crippen molar-refractivity contribution in [1.82, 2.24) is 0 Å². The van der Waals surface area contributed by atoms with Crippen LogP contribution < -0.4 is 0 Å². The molecule has 11 heavy (non-hydrogen) atoms. The molecule has 0 fully saturated rings. The molecule has 0 heterocycles. The molecule has 0 saturated carbocycles. The molecule has 1 rings (SSSR count). The van der Waals surface area contributed by atoms with Crippen molar-refractivity contribution >= 4 is 4.57 Å². The van der Waals surface area contributed by atoms with Crippen LogP contribution in [0.4, 0.5) is 0 Å². The molecule has 0 N–H and O–H groups in total. The molecule has 0 saturated heterocycles. The van der Waals surface area contributed by atoms with Crippen LogP contribution in [0.3, 0.4) is 0 Å². The van der Waals surface area contributed by atoms with E-state index in [1.165, 1.54) is 5.56 Å². The molecule has 1 nitrogen and oxygen atoms in total. The van der Waals surface area contributed by atoms with Gasteiger partial charge in [0, 0.05) is 0 Å². The average Bonchev–Trinajstić information content (AvgIpc) is 2.05. The molecule has 0 unspecified atom stereocenters. The minimum absolute atomic E-state index is 0.838. The predicted molar refractivity (Wildman–Crippen MR) is 42.3 cm³/mol. The Balaban J connectivity index is 2.90.